The van der Waals surface area contributed by atoms with Gasteiger partial charge in [-0.3, -0.25) is 14.4 Å². The zero-order valence-corrected chi connectivity index (χ0v) is 14.5. The second-order valence-electron chi connectivity index (χ2n) is 6.61. The lowest BCUT2D eigenvalue weighted by Gasteiger charge is -2.17. The second-order valence-corrected chi connectivity index (χ2v) is 6.61. The smallest absolute Gasteiger partial charge is 0.227 e. The van der Waals surface area contributed by atoms with Gasteiger partial charge in [-0.25, -0.2) is 0 Å². The number of benzene rings is 1. The molecule has 1 aromatic rings. The van der Waals surface area contributed by atoms with Crippen LogP contribution >= 0.6 is 0 Å². The molecule has 2 rings (SSSR count). The van der Waals surface area contributed by atoms with Crippen molar-refractivity contribution < 1.29 is 14.4 Å². The summed E-state index contributed by atoms with van der Waals surface area (Å²) in [6.45, 7) is 6.70. The van der Waals surface area contributed by atoms with Gasteiger partial charge in [0.15, 0.2) is 0 Å². The molecule has 6 heteroatoms. The molecule has 0 unspecified atom stereocenters. The number of hydrogen-bond donors (Lipinski definition) is 2. The third-order valence-corrected chi connectivity index (χ3v) is 4.02. The van der Waals surface area contributed by atoms with Crippen LogP contribution in [0.3, 0.4) is 0 Å². The highest BCUT2D eigenvalue weighted by Crippen LogP contribution is 2.26. The summed E-state index contributed by atoms with van der Waals surface area (Å²) < 4.78 is 0. The highest BCUT2D eigenvalue weighted by Gasteiger charge is 2.34. The molecule has 0 saturated carbocycles. The topological polar surface area (TPSA) is 78.5 Å². The number of carbonyl (C=O) groups excluding carboxylic acids is 3. The van der Waals surface area contributed by atoms with Crippen molar-refractivity contribution in [3.8, 4) is 0 Å². The standard InChI is InChI=1S/C18H25N3O3/c1-12(2)8-9-19-18(24)14-10-17(23)21(11-14)16-6-4-15(5-7-16)20-13(3)22/h4-7,12,14H,8-11H2,1-3H3,(H,19,24)(H,20,22)/t14-/m1/s1. The molecule has 2 N–H and O–H groups in total. The van der Waals surface area contributed by atoms with Crippen LogP contribution in [0.2, 0.25) is 0 Å². The van der Waals surface area contributed by atoms with Crippen LogP contribution in [0.4, 0.5) is 11.4 Å². The van der Waals surface area contributed by atoms with Crippen LogP contribution in [-0.4, -0.2) is 30.8 Å². The van der Waals surface area contributed by atoms with Crippen molar-refractivity contribution in [2.75, 3.05) is 23.3 Å². The zero-order valence-electron chi connectivity index (χ0n) is 14.5. The summed E-state index contributed by atoms with van der Waals surface area (Å²) in [4.78, 5) is 37.1. The Labute approximate surface area is 142 Å². The largest absolute Gasteiger partial charge is 0.356 e. The van der Waals surface area contributed by atoms with Crippen molar-refractivity contribution in [1.82, 2.24) is 5.32 Å². The fraction of sp³-hybridized carbons (Fsp3) is 0.500. The molecule has 0 bridgehead atoms. The fourth-order valence-corrected chi connectivity index (χ4v) is 2.69. The molecule has 0 radical (unpaired) electrons. The van der Waals surface area contributed by atoms with Crippen LogP contribution in [0.1, 0.15) is 33.6 Å². The molecule has 1 atom stereocenters. The van der Waals surface area contributed by atoms with E-state index in [9.17, 15) is 14.4 Å². The lowest BCUT2D eigenvalue weighted by Crippen LogP contribution is -2.33. The van der Waals surface area contributed by atoms with Crippen LogP contribution in [0.5, 0.6) is 0 Å². The molecular weight excluding hydrogens is 306 g/mol. The molecule has 1 heterocycles. The molecule has 24 heavy (non-hydrogen) atoms. The van der Waals surface area contributed by atoms with Crippen molar-refractivity contribution in [2.45, 2.75) is 33.6 Å². The number of carbonyl (C=O) groups is 3. The summed E-state index contributed by atoms with van der Waals surface area (Å²) in [6.07, 6.45) is 1.17. The van der Waals surface area contributed by atoms with Gasteiger partial charge >= 0.3 is 0 Å². The Morgan fingerprint density at radius 3 is 2.50 bits per heavy atom. The maximum atomic E-state index is 12.2. The average molecular weight is 331 g/mol. The van der Waals surface area contributed by atoms with Crippen LogP contribution < -0.4 is 15.5 Å². The molecule has 0 aromatic heterocycles. The van der Waals surface area contributed by atoms with Gasteiger partial charge in [-0.1, -0.05) is 13.8 Å². The van der Waals surface area contributed by atoms with E-state index >= 15 is 0 Å². The van der Waals surface area contributed by atoms with E-state index in [4.69, 9.17) is 0 Å². The lowest BCUT2D eigenvalue weighted by molar-refractivity contribution is -0.126. The molecule has 0 spiro atoms. The van der Waals surface area contributed by atoms with Crippen molar-refractivity contribution >= 4 is 29.1 Å². The SMILES string of the molecule is CC(=O)Nc1ccc(N2C[C@H](C(=O)NCCC(C)C)CC2=O)cc1. The monoisotopic (exact) mass is 331 g/mol. The lowest BCUT2D eigenvalue weighted by atomic mass is 10.1. The van der Waals surface area contributed by atoms with Crippen molar-refractivity contribution in [2.24, 2.45) is 11.8 Å². The van der Waals surface area contributed by atoms with Gasteiger partial charge in [-0.2, -0.15) is 0 Å². The Hall–Kier alpha value is -2.37. The van der Waals surface area contributed by atoms with E-state index in [1.165, 1.54) is 6.92 Å². The van der Waals surface area contributed by atoms with E-state index in [0.717, 1.165) is 12.1 Å². The Balaban J connectivity index is 1.94. The normalized spacial score (nSPS) is 17.2. The Morgan fingerprint density at radius 1 is 1.25 bits per heavy atom. The highest BCUT2D eigenvalue weighted by atomic mass is 16.2. The molecule has 1 aromatic carbocycles. The van der Waals surface area contributed by atoms with E-state index in [1.54, 1.807) is 29.2 Å². The minimum absolute atomic E-state index is 0.0497. The molecule has 1 aliphatic rings. The van der Waals surface area contributed by atoms with Gasteiger partial charge in [0.2, 0.25) is 17.7 Å². The van der Waals surface area contributed by atoms with Gasteiger partial charge in [-0.15, -0.1) is 0 Å². The van der Waals surface area contributed by atoms with Gasteiger partial charge in [0, 0.05) is 37.8 Å². The van der Waals surface area contributed by atoms with Crippen molar-refractivity contribution in [3.05, 3.63) is 24.3 Å². The predicted octanol–water partition coefficient (Wildman–Crippen LogP) is 2.16. The fourth-order valence-electron chi connectivity index (χ4n) is 2.69. The maximum absolute atomic E-state index is 12.2. The molecule has 1 fully saturated rings. The predicted molar refractivity (Wildman–Crippen MR) is 93.7 cm³/mol. The molecule has 3 amide bonds. The number of rotatable bonds is 6. The Bertz CT molecular complexity index is 610. The van der Waals surface area contributed by atoms with Crippen LogP contribution in [0.25, 0.3) is 0 Å². The maximum Gasteiger partial charge on any atom is 0.227 e. The van der Waals surface area contributed by atoms with E-state index in [-0.39, 0.29) is 30.1 Å². The van der Waals surface area contributed by atoms with E-state index < -0.39 is 0 Å². The average Bonchev–Trinajstić information content (AvgIpc) is 2.89. The van der Waals surface area contributed by atoms with E-state index in [1.807, 2.05) is 0 Å². The number of anilines is 2. The van der Waals surface area contributed by atoms with Crippen LogP contribution in [-0.2, 0) is 14.4 Å². The minimum atomic E-state index is -0.306. The van der Waals surface area contributed by atoms with Crippen LogP contribution in [0.15, 0.2) is 24.3 Å². The first-order chi connectivity index (χ1) is 11.4. The number of hydrogen-bond acceptors (Lipinski definition) is 3. The Morgan fingerprint density at radius 2 is 1.92 bits per heavy atom. The summed E-state index contributed by atoms with van der Waals surface area (Å²) in [6, 6.07) is 7.06. The molecule has 130 valence electrons. The highest BCUT2D eigenvalue weighted by molar-refractivity contribution is 6.00. The molecule has 1 saturated heterocycles. The van der Waals surface area contributed by atoms with Crippen molar-refractivity contribution in [1.29, 1.82) is 0 Å². The number of nitrogens with one attached hydrogen (secondary N) is 2. The zero-order chi connectivity index (χ0) is 17.7. The quantitative estimate of drug-likeness (QED) is 0.838. The first-order valence-electron chi connectivity index (χ1n) is 8.32. The van der Waals surface area contributed by atoms with Crippen LogP contribution in [0, 0.1) is 11.8 Å². The summed E-state index contributed by atoms with van der Waals surface area (Å²) >= 11 is 0. The number of nitrogens with zero attached hydrogens (tertiary/aromatic N) is 1. The summed E-state index contributed by atoms with van der Waals surface area (Å²) in [5.74, 6) is -0.0143. The first-order valence-corrected chi connectivity index (χ1v) is 8.32. The third kappa shape index (κ3) is 4.81. The first kappa shape index (κ1) is 18.0. The van der Waals surface area contributed by atoms with E-state index in [2.05, 4.69) is 24.5 Å². The Kier molecular flexibility index (Phi) is 5.95. The third-order valence-electron chi connectivity index (χ3n) is 4.02. The van der Waals surface area contributed by atoms with Gasteiger partial charge < -0.3 is 15.5 Å². The minimum Gasteiger partial charge on any atom is -0.356 e. The molecule has 1 aliphatic heterocycles. The van der Waals surface area contributed by atoms with Crippen molar-refractivity contribution in [3.63, 3.8) is 0 Å². The molecule has 0 aliphatic carbocycles. The number of amides is 3. The van der Waals surface area contributed by atoms with Gasteiger partial charge in [0.05, 0.1) is 5.92 Å². The molecular formula is C18H25N3O3. The second kappa shape index (κ2) is 7.95. The summed E-state index contributed by atoms with van der Waals surface area (Å²) in [5.41, 5.74) is 1.42. The van der Waals surface area contributed by atoms with Gasteiger partial charge in [-0.05, 0) is 36.6 Å². The van der Waals surface area contributed by atoms with E-state index in [0.29, 0.717) is 24.7 Å². The summed E-state index contributed by atoms with van der Waals surface area (Å²) in [7, 11) is 0. The summed E-state index contributed by atoms with van der Waals surface area (Å²) in [5, 5.41) is 5.60. The van der Waals surface area contributed by atoms with Gasteiger partial charge in [0.25, 0.3) is 0 Å². The molecule has 6 nitrogen and oxygen atoms in total. The van der Waals surface area contributed by atoms with Gasteiger partial charge in [0.1, 0.15) is 0 Å².